The van der Waals surface area contributed by atoms with Gasteiger partial charge in [0.2, 0.25) is 0 Å². The molecule has 0 aliphatic carbocycles. The standard InChI is InChI=1S/C14H17BrFNO4/c1-3-17(7-6-13(18)19)14(20)9(2)21-12-5-4-10(16)8-11(12)15/h4-5,8-9H,3,6-7H2,1-2H3,(H,18,19). The molecule has 0 heterocycles. The fourth-order valence-corrected chi connectivity index (χ4v) is 2.17. The van der Waals surface area contributed by atoms with Gasteiger partial charge in [-0.1, -0.05) is 0 Å². The Morgan fingerprint density at radius 3 is 2.67 bits per heavy atom. The summed E-state index contributed by atoms with van der Waals surface area (Å²) < 4.78 is 18.9. The lowest BCUT2D eigenvalue weighted by molar-refractivity contribution is -0.140. The predicted octanol–water partition coefficient (Wildman–Crippen LogP) is 2.68. The maximum atomic E-state index is 13.0. The number of amides is 1. The van der Waals surface area contributed by atoms with Crippen LogP contribution in [0.5, 0.6) is 5.75 Å². The van der Waals surface area contributed by atoms with Gasteiger partial charge in [0, 0.05) is 13.1 Å². The van der Waals surface area contributed by atoms with Crippen LogP contribution in [0.2, 0.25) is 0 Å². The number of carboxylic acid groups (broad SMARTS) is 1. The van der Waals surface area contributed by atoms with Crippen molar-refractivity contribution in [2.24, 2.45) is 0 Å². The van der Waals surface area contributed by atoms with E-state index in [-0.39, 0.29) is 18.9 Å². The van der Waals surface area contributed by atoms with E-state index in [2.05, 4.69) is 15.9 Å². The van der Waals surface area contributed by atoms with Gasteiger partial charge in [-0.3, -0.25) is 9.59 Å². The second kappa shape index (κ2) is 7.97. The van der Waals surface area contributed by atoms with Crippen molar-refractivity contribution in [1.82, 2.24) is 4.90 Å². The van der Waals surface area contributed by atoms with Crippen molar-refractivity contribution in [1.29, 1.82) is 0 Å². The average molecular weight is 362 g/mol. The van der Waals surface area contributed by atoms with E-state index in [0.717, 1.165) is 0 Å². The third kappa shape index (κ3) is 5.34. The number of likely N-dealkylation sites (N-methyl/N-ethyl adjacent to an activating group) is 1. The number of hydrogen-bond acceptors (Lipinski definition) is 3. The van der Waals surface area contributed by atoms with Crippen molar-refractivity contribution >= 4 is 27.8 Å². The Kier molecular flexibility index (Phi) is 6.61. The number of aliphatic carboxylic acids is 1. The van der Waals surface area contributed by atoms with Crippen molar-refractivity contribution in [3.63, 3.8) is 0 Å². The number of rotatable bonds is 7. The van der Waals surface area contributed by atoms with Gasteiger partial charge in [-0.2, -0.15) is 0 Å². The first-order valence-corrected chi connectivity index (χ1v) is 7.26. The second-order valence-electron chi connectivity index (χ2n) is 4.40. The molecule has 0 spiro atoms. The lowest BCUT2D eigenvalue weighted by atomic mass is 10.3. The molecule has 0 saturated heterocycles. The van der Waals surface area contributed by atoms with Crippen LogP contribution in [0.4, 0.5) is 4.39 Å². The first kappa shape index (κ1) is 17.4. The maximum Gasteiger partial charge on any atom is 0.305 e. The summed E-state index contributed by atoms with van der Waals surface area (Å²) >= 11 is 3.16. The van der Waals surface area contributed by atoms with E-state index < -0.39 is 17.9 Å². The molecule has 1 unspecified atom stereocenters. The van der Waals surface area contributed by atoms with Gasteiger partial charge >= 0.3 is 5.97 Å². The molecule has 0 aliphatic heterocycles. The second-order valence-corrected chi connectivity index (χ2v) is 5.25. The van der Waals surface area contributed by atoms with E-state index in [0.29, 0.717) is 16.8 Å². The summed E-state index contributed by atoms with van der Waals surface area (Å²) in [4.78, 5) is 24.2. The zero-order valence-corrected chi connectivity index (χ0v) is 13.4. The Labute approximate surface area is 130 Å². The molecule has 116 valence electrons. The number of carboxylic acids is 1. The van der Waals surface area contributed by atoms with Crippen LogP contribution >= 0.6 is 15.9 Å². The fourth-order valence-electron chi connectivity index (χ4n) is 1.72. The lowest BCUT2D eigenvalue weighted by Gasteiger charge is -2.24. The SMILES string of the molecule is CCN(CCC(=O)O)C(=O)C(C)Oc1ccc(F)cc1Br. The van der Waals surface area contributed by atoms with E-state index in [1.807, 2.05) is 0 Å². The highest BCUT2D eigenvalue weighted by atomic mass is 79.9. The van der Waals surface area contributed by atoms with Gasteiger partial charge in [-0.25, -0.2) is 4.39 Å². The summed E-state index contributed by atoms with van der Waals surface area (Å²) in [7, 11) is 0. The number of ether oxygens (including phenoxy) is 1. The Bertz CT molecular complexity index is 524. The average Bonchev–Trinajstić information content (AvgIpc) is 2.42. The van der Waals surface area contributed by atoms with Crippen molar-refractivity contribution in [2.75, 3.05) is 13.1 Å². The van der Waals surface area contributed by atoms with Gasteiger partial charge in [0.1, 0.15) is 11.6 Å². The lowest BCUT2D eigenvalue weighted by Crippen LogP contribution is -2.41. The van der Waals surface area contributed by atoms with Crippen LogP contribution in [-0.2, 0) is 9.59 Å². The monoisotopic (exact) mass is 361 g/mol. The van der Waals surface area contributed by atoms with Gasteiger partial charge in [0.15, 0.2) is 6.10 Å². The molecule has 7 heteroatoms. The molecular weight excluding hydrogens is 345 g/mol. The zero-order valence-electron chi connectivity index (χ0n) is 11.8. The molecule has 1 atom stereocenters. The zero-order chi connectivity index (χ0) is 16.0. The summed E-state index contributed by atoms with van der Waals surface area (Å²) in [6, 6.07) is 3.91. The molecule has 5 nitrogen and oxygen atoms in total. The Morgan fingerprint density at radius 1 is 1.48 bits per heavy atom. The van der Waals surface area contributed by atoms with Crippen LogP contribution in [0.3, 0.4) is 0 Å². The molecule has 0 bridgehead atoms. The van der Waals surface area contributed by atoms with Crippen LogP contribution in [0.15, 0.2) is 22.7 Å². The van der Waals surface area contributed by atoms with Crippen LogP contribution < -0.4 is 4.74 Å². The summed E-state index contributed by atoms with van der Waals surface area (Å²) in [5.41, 5.74) is 0. The minimum absolute atomic E-state index is 0.119. The van der Waals surface area contributed by atoms with E-state index in [1.54, 1.807) is 13.8 Å². The minimum Gasteiger partial charge on any atom is -0.481 e. The van der Waals surface area contributed by atoms with Crippen molar-refractivity contribution in [3.05, 3.63) is 28.5 Å². The van der Waals surface area contributed by atoms with Gasteiger partial charge in [0.25, 0.3) is 5.91 Å². The van der Waals surface area contributed by atoms with Gasteiger partial charge < -0.3 is 14.7 Å². The van der Waals surface area contributed by atoms with Crippen LogP contribution in [0, 0.1) is 5.82 Å². The summed E-state index contributed by atoms with van der Waals surface area (Å²) in [6.07, 6.45) is -0.910. The molecule has 21 heavy (non-hydrogen) atoms. The van der Waals surface area contributed by atoms with Crippen molar-refractivity contribution in [3.8, 4) is 5.75 Å². The largest absolute Gasteiger partial charge is 0.481 e. The highest BCUT2D eigenvalue weighted by Gasteiger charge is 2.22. The normalized spacial score (nSPS) is 11.8. The smallest absolute Gasteiger partial charge is 0.305 e. The van der Waals surface area contributed by atoms with Gasteiger partial charge in [0.05, 0.1) is 10.9 Å². The molecule has 1 N–H and O–H groups in total. The summed E-state index contributed by atoms with van der Waals surface area (Å²) in [5.74, 6) is -1.33. The van der Waals surface area contributed by atoms with Crippen LogP contribution in [0.25, 0.3) is 0 Å². The molecule has 1 aromatic carbocycles. The van der Waals surface area contributed by atoms with E-state index in [4.69, 9.17) is 9.84 Å². The highest BCUT2D eigenvalue weighted by Crippen LogP contribution is 2.26. The third-order valence-corrected chi connectivity index (χ3v) is 3.45. The summed E-state index contributed by atoms with van der Waals surface area (Å²) in [6.45, 7) is 3.86. The number of carbonyl (C=O) groups excluding carboxylic acids is 1. The van der Waals surface area contributed by atoms with Crippen molar-refractivity contribution in [2.45, 2.75) is 26.4 Å². The maximum absolute atomic E-state index is 13.0. The quantitative estimate of drug-likeness (QED) is 0.810. The number of halogens is 2. The molecule has 0 saturated carbocycles. The van der Waals surface area contributed by atoms with Crippen molar-refractivity contribution < 1.29 is 23.8 Å². The molecule has 0 aliphatic rings. The molecule has 0 fully saturated rings. The number of hydrogen-bond donors (Lipinski definition) is 1. The first-order chi connectivity index (χ1) is 9.85. The summed E-state index contributed by atoms with van der Waals surface area (Å²) in [5, 5.41) is 8.66. The number of benzene rings is 1. The predicted molar refractivity (Wildman–Crippen MR) is 78.7 cm³/mol. The third-order valence-electron chi connectivity index (χ3n) is 2.83. The number of nitrogens with zero attached hydrogens (tertiary/aromatic N) is 1. The molecule has 0 aromatic heterocycles. The van der Waals surface area contributed by atoms with Gasteiger partial charge in [-0.15, -0.1) is 0 Å². The Balaban J connectivity index is 2.70. The van der Waals surface area contributed by atoms with Gasteiger partial charge in [-0.05, 0) is 48.0 Å². The molecular formula is C14H17BrFNO4. The first-order valence-electron chi connectivity index (χ1n) is 6.47. The van der Waals surface area contributed by atoms with E-state index >= 15 is 0 Å². The molecule has 1 rings (SSSR count). The van der Waals surface area contributed by atoms with Crippen LogP contribution in [-0.4, -0.2) is 41.1 Å². The Hall–Kier alpha value is -1.63. The highest BCUT2D eigenvalue weighted by molar-refractivity contribution is 9.10. The Morgan fingerprint density at radius 2 is 2.14 bits per heavy atom. The van der Waals surface area contributed by atoms with E-state index in [1.165, 1.54) is 23.1 Å². The minimum atomic E-state index is -0.962. The molecule has 1 amide bonds. The van der Waals surface area contributed by atoms with Crippen LogP contribution in [0.1, 0.15) is 20.3 Å². The molecule has 0 radical (unpaired) electrons. The topological polar surface area (TPSA) is 66.8 Å². The van der Waals surface area contributed by atoms with E-state index in [9.17, 15) is 14.0 Å². The fraction of sp³-hybridized carbons (Fsp3) is 0.429. The number of carbonyl (C=O) groups is 2. The molecule has 1 aromatic rings.